The molecule has 1 aromatic carbocycles. The van der Waals surface area contributed by atoms with Gasteiger partial charge in [-0.05, 0) is 12.1 Å². The van der Waals surface area contributed by atoms with Gasteiger partial charge in [-0.1, -0.05) is 0 Å². The fourth-order valence-electron chi connectivity index (χ4n) is 1.97. The zero-order valence-corrected chi connectivity index (χ0v) is 12.9. The molecule has 0 aliphatic rings. The van der Waals surface area contributed by atoms with Crippen molar-refractivity contribution >= 4 is 17.3 Å². The highest BCUT2D eigenvalue weighted by atomic mass is 16.6. The third kappa shape index (κ3) is 3.16. The number of ether oxygens (including phenoxy) is 1. The lowest BCUT2D eigenvalue weighted by Gasteiger charge is -2.10. The summed E-state index contributed by atoms with van der Waals surface area (Å²) in [4.78, 5) is 45.5. The summed E-state index contributed by atoms with van der Waals surface area (Å²) in [6.45, 7) is -0.334. The fourth-order valence-corrected chi connectivity index (χ4v) is 1.97. The summed E-state index contributed by atoms with van der Waals surface area (Å²) in [7, 11) is 2.76. The predicted molar refractivity (Wildman–Crippen MR) is 83.6 cm³/mol. The molecule has 0 aliphatic carbocycles. The van der Waals surface area contributed by atoms with Gasteiger partial charge in [0.15, 0.2) is 0 Å². The van der Waals surface area contributed by atoms with Gasteiger partial charge in [0.05, 0.1) is 16.2 Å². The zero-order valence-electron chi connectivity index (χ0n) is 12.9. The van der Waals surface area contributed by atoms with E-state index in [9.17, 15) is 24.5 Å². The van der Waals surface area contributed by atoms with Gasteiger partial charge in [0.2, 0.25) is 0 Å². The van der Waals surface area contributed by atoms with Crippen LogP contribution >= 0.6 is 0 Å². The van der Waals surface area contributed by atoms with E-state index in [1.165, 1.54) is 36.9 Å². The molecule has 0 unspecified atom stereocenters. The van der Waals surface area contributed by atoms with Gasteiger partial charge in [-0.15, -0.1) is 0 Å². The van der Waals surface area contributed by atoms with E-state index in [4.69, 9.17) is 10.5 Å². The van der Waals surface area contributed by atoms with Crippen LogP contribution in [0.3, 0.4) is 0 Å². The Morgan fingerprint density at radius 1 is 1.25 bits per heavy atom. The van der Waals surface area contributed by atoms with E-state index < -0.39 is 27.8 Å². The molecular formula is C14H14N4O6. The van der Waals surface area contributed by atoms with Gasteiger partial charge >= 0.3 is 11.7 Å². The van der Waals surface area contributed by atoms with E-state index in [2.05, 4.69) is 0 Å². The molecule has 0 radical (unpaired) electrons. The standard InChI is InChI=1S/C14H14N4O6/c1-16-9(6-12(19)17(2)14(16)21)7-24-13(20)8-3-4-10(15)11(5-8)18(22)23/h3-6H,7,15H2,1-2H3. The highest BCUT2D eigenvalue weighted by molar-refractivity contribution is 5.91. The van der Waals surface area contributed by atoms with Crippen LogP contribution in [0.1, 0.15) is 16.1 Å². The number of nitro groups is 1. The van der Waals surface area contributed by atoms with Crippen molar-refractivity contribution in [2.24, 2.45) is 14.1 Å². The maximum absolute atomic E-state index is 12.0. The monoisotopic (exact) mass is 334 g/mol. The second-order valence-corrected chi connectivity index (χ2v) is 4.98. The first kappa shape index (κ1) is 16.9. The highest BCUT2D eigenvalue weighted by Crippen LogP contribution is 2.22. The lowest BCUT2D eigenvalue weighted by molar-refractivity contribution is -0.383. The minimum Gasteiger partial charge on any atom is -0.456 e. The Morgan fingerprint density at radius 3 is 2.54 bits per heavy atom. The normalized spacial score (nSPS) is 10.4. The van der Waals surface area contributed by atoms with Crippen LogP contribution in [-0.4, -0.2) is 20.0 Å². The Bertz CT molecular complexity index is 943. The summed E-state index contributed by atoms with van der Waals surface area (Å²) < 4.78 is 7.09. The van der Waals surface area contributed by atoms with Crippen molar-refractivity contribution in [1.82, 2.24) is 9.13 Å². The number of hydrogen-bond acceptors (Lipinski definition) is 7. The third-order valence-electron chi connectivity index (χ3n) is 3.44. The Labute approximate surface area is 134 Å². The smallest absolute Gasteiger partial charge is 0.338 e. The van der Waals surface area contributed by atoms with Crippen LogP contribution in [0.5, 0.6) is 0 Å². The van der Waals surface area contributed by atoms with Crippen LogP contribution in [-0.2, 0) is 25.4 Å². The number of anilines is 1. The van der Waals surface area contributed by atoms with Crippen LogP contribution < -0.4 is 17.0 Å². The molecule has 1 heterocycles. The Morgan fingerprint density at radius 2 is 1.92 bits per heavy atom. The predicted octanol–water partition coefficient (Wildman–Crippen LogP) is -0.0686. The van der Waals surface area contributed by atoms with Crippen molar-refractivity contribution in [3.63, 3.8) is 0 Å². The number of hydrogen-bond donors (Lipinski definition) is 1. The topological polar surface area (TPSA) is 139 Å². The van der Waals surface area contributed by atoms with E-state index >= 15 is 0 Å². The van der Waals surface area contributed by atoms with Crippen molar-refractivity contribution < 1.29 is 14.5 Å². The summed E-state index contributed by atoms with van der Waals surface area (Å²) in [6, 6.07) is 4.68. The summed E-state index contributed by atoms with van der Waals surface area (Å²) in [5, 5.41) is 10.8. The fraction of sp³-hybridized carbons (Fsp3) is 0.214. The van der Waals surface area contributed by atoms with Gasteiger partial charge < -0.3 is 10.5 Å². The number of nitro benzene ring substituents is 1. The molecule has 0 saturated heterocycles. The van der Waals surface area contributed by atoms with Crippen LogP contribution in [0.15, 0.2) is 33.9 Å². The maximum atomic E-state index is 12.0. The van der Waals surface area contributed by atoms with Crippen LogP contribution in [0, 0.1) is 10.1 Å². The molecule has 0 atom stereocenters. The van der Waals surface area contributed by atoms with E-state index in [-0.39, 0.29) is 23.6 Å². The molecule has 2 rings (SSSR count). The van der Waals surface area contributed by atoms with Gasteiger partial charge in [-0.2, -0.15) is 0 Å². The lowest BCUT2D eigenvalue weighted by atomic mass is 10.2. The molecular weight excluding hydrogens is 320 g/mol. The second kappa shape index (κ2) is 6.36. The number of esters is 1. The molecule has 10 heteroatoms. The van der Waals surface area contributed by atoms with E-state index in [0.29, 0.717) is 0 Å². The number of rotatable bonds is 4. The largest absolute Gasteiger partial charge is 0.456 e. The average molecular weight is 334 g/mol. The average Bonchev–Trinajstić information content (AvgIpc) is 2.54. The SMILES string of the molecule is Cn1c(COC(=O)c2ccc(N)c([N+](=O)[O-])c2)cc(=O)n(C)c1=O. The first-order valence-corrected chi connectivity index (χ1v) is 6.69. The molecule has 2 aromatic rings. The molecule has 24 heavy (non-hydrogen) atoms. The maximum Gasteiger partial charge on any atom is 0.338 e. The van der Waals surface area contributed by atoms with Gasteiger partial charge in [0, 0.05) is 26.2 Å². The zero-order chi connectivity index (χ0) is 18.0. The van der Waals surface area contributed by atoms with Crippen LogP contribution in [0.4, 0.5) is 11.4 Å². The van der Waals surface area contributed by atoms with E-state index in [1.54, 1.807) is 0 Å². The summed E-state index contributed by atoms with van der Waals surface area (Å²) in [6.07, 6.45) is 0. The van der Waals surface area contributed by atoms with Crippen LogP contribution in [0.25, 0.3) is 0 Å². The molecule has 0 fully saturated rings. The van der Waals surface area contributed by atoms with Gasteiger partial charge in [-0.3, -0.25) is 24.0 Å². The number of nitrogen functional groups attached to an aromatic ring is 1. The van der Waals surface area contributed by atoms with Crippen molar-refractivity contribution in [3.8, 4) is 0 Å². The third-order valence-corrected chi connectivity index (χ3v) is 3.44. The van der Waals surface area contributed by atoms with Crippen molar-refractivity contribution in [1.29, 1.82) is 0 Å². The summed E-state index contributed by atoms with van der Waals surface area (Å²) in [5.74, 6) is -0.841. The van der Waals surface area contributed by atoms with Crippen molar-refractivity contribution in [2.75, 3.05) is 5.73 Å². The quantitative estimate of drug-likeness (QED) is 0.357. The molecule has 0 saturated carbocycles. The number of benzene rings is 1. The molecule has 0 bridgehead atoms. The molecule has 1 aromatic heterocycles. The first-order valence-electron chi connectivity index (χ1n) is 6.69. The van der Waals surface area contributed by atoms with E-state index in [0.717, 1.165) is 10.6 Å². The van der Waals surface area contributed by atoms with Crippen LogP contribution in [0.2, 0.25) is 0 Å². The van der Waals surface area contributed by atoms with Crippen molar-refractivity contribution in [3.05, 3.63) is 66.5 Å². The number of nitrogens with zero attached hydrogens (tertiary/aromatic N) is 3. The second-order valence-electron chi connectivity index (χ2n) is 4.98. The first-order chi connectivity index (χ1) is 11.2. The minimum atomic E-state index is -0.841. The summed E-state index contributed by atoms with van der Waals surface area (Å²) in [5.41, 5.74) is 4.00. The lowest BCUT2D eigenvalue weighted by Crippen LogP contribution is -2.38. The number of nitrogens with two attached hydrogens (primary N) is 1. The molecule has 0 aliphatic heterocycles. The number of carbonyl (C=O) groups is 1. The molecule has 126 valence electrons. The van der Waals surface area contributed by atoms with Gasteiger partial charge in [0.25, 0.3) is 11.2 Å². The summed E-state index contributed by atoms with van der Waals surface area (Å²) >= 11 is 0. The number of aromatic nitrogens is 2. The number of carbonyl (C=O) groups excluding carboxylic acids is 1. The molecule has 2 N–H and O–H groups in total. The van der Waals surface area contributed by atoms with Crippen molar-refractivity contribution in [2.45, 2.75) is 6.61 Å². The Hall–Kier alpha value is -3.43. The minimum absolute atomic E-state index is 0.0651. The Kier molecular flexibility index (Phi) is 4.49. The molecule has 0 amide bonds. The van der Waals surface area contributed by atoms with Gasteiger partial charge in [-0.25, -0.2) is 9.59 Å². The molecule has 10 nitrogen and oxygen atoms in total. The Balaban J connectivity index is 2.23. The van der Waals surface area contributed by atoms with Gasteiger partial charge in [0.1, 0.15) is 12.3 Å². The molecule has 0 spiro atoms. The highest BCUT2D eigenvalue weighted by Gasteiger charge is 2.17. The van der Waals surface area contributed by atoms with E-state index in [1.807, 2.05) is 0 Å².